The Kier molecular flexibility index (Phi) is 5.80. The van der Waals surface area contributed by atoms with Crippen molar-refractivity contribution in [2.75, 3.05) is 19.7 Å². The van der Waals surface area contributed by atoms with E-state index in [1.807, 2.05) is 42.7 Å². The van der Waals surface area contributed by atoms with Crippen molar-refractivity contribution in [1.29, 1.82) is 0 Å². The molecule has 1 N–H and O–H groups in total. The van der Waals surface area contributed by atoms with Gasteiger partial charge in [-0.15, -0.1) is 0 Å². The molecule has 20 heavy (non-hydrogen) atoms. The summed E-state index contributed by atoms with van der Waals surface area (Å²) in [5.41, 5.74) is 0. The summed E-state index contributed by atoms with van der Waals surface area (Å²) in [6, 6.07) is 7.73. The lowest BCUT2D eigenvalue weighted by Gasteiger charge is -2.25. The molecule has 1 unspecified atom stereocenters. The number of hydrogen-bond acceptors (Lipinski definition) is 4. The number of ether oxygens (including phenoxy) is 2. The van der Waals surface area contributed by atoms with Crippen LogP contribution in [0, 0.1) is 0 Å². The molecular weight excluding hydrogens is 272 g/mol. The Morgan fingerprint density at radius 2 is 2.25 bits per heavy atom. The van der Waals surface area contributed by atoms with Gasteiger partial charge in [0.05, 0.1) is 6.54 Å². The number of allylic oxidation sites excluding steroid dienone is 1. The third-order valence-corrected chi connectivity index (χ3v) is 3.55. The summed E-state index contributed by atoms with van der Waals surface area (Å²) in [7, 11) is 0. The third kappa shape index (κ3) is 4.20. The number of aliphatic imine (C=N–C) groups is 1. The van der Waals surface area contributed by atoms with Crippen LogP contribution in [0.5, 0.6) is 11.5 Å². The fourth-order valence-electron chi connectivity index (χ4n) is 1.76. The van der Waals surface area contributed by atoms with Crippen molar-refractivity contribution < 1.29 is 9.47 Å². The average Bonchev–Trinajstić information content (AvgIpc) is 2.50. The molecule has 0 aliphatic carbocycles. The molecule has 0 saturated carbocycles. The standard InChI is InChI=1S/C15H20N2O2S/c1-3-9-20-15(16-4-2)17-10-12-11-18-13-7-5-6-8-14(13)19-12/h3,5-9,12H,4,10-11H2,1-2H3,(H,16,17)/b9-3+. The molecule has 5 heteroatoms. The van der Waals surface area contributed by atoms with Crippen LogP contribution < -0.4 is 14.8 Å². The SMILES string of the molecule is C/C=C/SC(=NCC1COc2ccccc2O1)NCC. The maximum Gasteiger partial charge on any atom is 0.161 e. The van der Waals surface area contributed by atoms with Gasteiger partial charge in [-0.05, 0) is 31.4 Å². The summed E-state index contributed by atoms with van der Waals surface area (Å²) < 4.78 is 11.6. The van der Waals surface area contributed by atoms with Gasteiger partial charge < -0.3 is 14.8 Å². The van der Waals surface area contributed by atoms with E-state index in [0.717, 1.165) is 23.2 Å². The van der Waals surface area contributed by atoms with Crippen LogP contribution in [-0.2, 0) is 0 Å². The van der Waals surface area contributed by atoms with Crippen LogP contribution in [0.2, 0.25) is 0 Å². The zero-order valence-corrected chi connectivity index (χ0v) is 12.7. The molecule has 108 valence electrons. The molecule has 1 heterocycles. The van der Waals surface area contributed by atoms with Crippen molar-refractivity contribution in [3.8, 4) is 11.5 Å². The van der Waals surface area contributed by atoms with Gasteiger partial charge in [-0.25, -0.2) is 0 Å². The molecule has 1 aromatic carbocycles. The lowest BCUT2D eigenvalue weighted by atomic mass is 10.2. The predicted octanol–water partition coefficient (Wildman–Crippen LogP) is 3.06. The summed E-state index contributed by atoms with van der Waals surface area (Å²) >= 11 is 1.58. The van der Waals surface area contributed by atoms with Gasteiger partial charge in [0.15, 0.2) is 22.8 Å². The molecule has 0 saturated heterocycles. The van der Waals surface area contributed by atoms with Crippen LogP contribution in [0.15, 0.2) is 40.7 Å². The number of rotatable bonds is 4. The Labute approximate surface area is 124 Å². The van der Waals surface area contributed by atoms with E-state index < -0.39 is 0 Å². The van der Waals surface area contributed by atoms with E-state index in [-0.39, 0.29) is 6.10 Å². The number of hydrogen-bond donors (Lipinski definition) is 1. The topological polar surface area (TPSA) is 42.9 Å². The largest absolute Gasteiger partial charge is 0.486 e. The number of fused-ring (bicyclic) bond motifs is 1. The molecule has 1 atom stereocenters. The first-order chi connectivity index (χ1) is 9.83. The van der Waals surface area contributed by atoms with Crippen LogP contribution >= 0.6 is 11.8 Å². The first-order valence-electron chi connectivity index (χ1n) is 6.78. The number of benzene rings is 1. The number of para-hydroxylation sites is 2. The van der Waals surface area contributed by atoms with Gasteiger partial charge in [-0.3, -0.25) is 4.99 Å². The maximum atomic E-state index is 5.88. The maximum absolute atomic E-state index is 5.88. The molecule has 4 nitrogen and oxygen atoms in total. The van der Waals surface area contributed by atoms with Gasteiger partial charge in [-0.1, -0.05) is 30.0 Å². The van der Waals surface area contributed by atoms with Crippen molar-refractivity contribution in [3.05, 3.63) is 35.7 Å². The van der Waals surface area contributed by atoms with E-state index in [4.69, 9.17) is 9.47 Å². The lowest BCUT2D eigenvalue weighted by molar-refractivity contribution is 0.0972. The first kappa shape index (κ1) is 14.8. The predicted molar refractivity (Wildman–Crippen MR) is 84.7 cm³/mol. The molecular formula is C15H20N2O2S. The molecule has 0 aromatic heterocycles. The van der Waals surface area contributed by atoms with Crippen molar-refractivity contribution in [1.82, 2.24) is 5.32 Å². The highest BCUT2D eigenvalue weighted by molar-refractivity contribution is 8.16. The normalized spacial score (nSPS) is 18.3. The quantitative estimate of drug-likeness (QED) is 0.684. The number of amidine groups is 1. The Morgan fingerprint density at radius 1 is 1.45 bits per heavy atom. The third-order valence-electron chi connectivity index (χ3n) is 2.65. The molecule has 1 aromatic rings. The van der Waals surface area contributed by atoms with Crippen molar-refractivity contribution >= 4 is 16.9 Å². The summed E-state index contributed by atoms with van der Waals surface area (Å²) in [6.45, 7) is 6.03. The number of thioether (sulfide) groups is 1. The summed E-state index contributed by atoms with van der Waals surface area (Å²) in [6.07, 6.45) is 1.96. The van der Waals surface area contributed by atoms with E-state index >= 15 is 0 Å². The van der Waals surface area contributed by atoms with Gasteiger partial charge in [0.1, 0.15) is 6.61 Å². The minimum atomic E-state index is -0.0373. The second-order valence-corrected chi connectivity index (χ2v) is 5.16. The van der Waals surface area contributed by atoms with Gasteiger partial charge in [0.25, 0.3) is 0 Å². The Balaban J connectivity index is 1.93. The number of nitrogens with one attached hydrogen (secondary N) is 1. The summed E-state index contributed by atoms with van der Waals surface area (Å²) in [5, 5.41) is 6.16. The second-order valence-electron chi connectivity index (χ2n) is 4.26. The smallest absolute Gasteiger partial charge is 0.161 e. The van der Waals surface area contributed by atoms with Crippen LogP contribution in [0.25, 0.3) is 0 Å². The zero-order chi connectivity index (χ0) is 14.2. The highest BCUT2D eigenvalue weighted by atomic mass is 32.2. The fraction of sp³-hybridized carbons (Fsp3) is 0.400. The fourth-order valence-corrected chi connectivity index (χ4v) is 2.40. The molecule has 0 amide bonds. The van der Waals surface area contributed by atoms with Gasteiger partial charge in [0.2, 0.25) is 0 Å². The van der Waals surface area contributed by atoms with Gasteiger partial charge in [-0.2, -0.15) is 0 Å². The van der Waals surface area contributed by atoms with Gasteiger partial charge in [0, 0.05) is 6.54 Å². The molecule has 0 fully saturated rings. The summed E-state index contributed by atoms with van der Waals surface area (Å²) in [4.78, 5) is 4.56. The van der Waals surface area contributed by atoms with E-state index in [9.17, 15) is 0 Å². The van der Waals surface area contributed by atoms with E-state index in [1.165, 1.54) is 0 Å². The zero-order valence-electron chi connectivity index (χ0n) is 11.8. The van der Waals surface area contributed by atoms with Crippen molar-refractivity contribution in [3.63, 3.8) is 0 Å². The van der Waals surface area contributed by atoms with Gasteiger partial charge >= 0.3 is 0 Å². The van der Waals surface area contributed by atoms with Crippen molar-refractivity contribution in [2.45, 2.75) is 20.0 Å². The van der Waals surface area contributed by atoms with Crippen molar-refractivity contribution in [2.24, 2.45) is 4.99 Å². The minimum absolute atomic E-state index is 0.0373. The molecule has 0 spiro atoms. The van der Waals surface area contributed by atoms with E-state index in [0.29, 0.717) is 13.2 Å². The van der Waals surface area contributed by atoms with Crippen LogP contribution in [0.4, 0.5) is 0 Å². The Hall–Kier alpha value is -1.62. The monoisotopic (exact) mass is 292 g/mol. The highest BCUT2D eigenvalue weighted by Gasteiger charge is 2.20. The van der Waals surface area contributed by atoms with E-state index in [1.54, 1.807) is 11.8 Å². The highest BCUT2D eigenvalue weighted by Crippen LogP contribution is 2.30. The number of nitrogens with zero attached hydrogens (tertiary/aromatic N) is 1. The first-order valence-corrected chi connectivity index (χ1v) is 7.66. The lowest BCUT2D eigenvalue weighted by Crippen LogP contribution is -2.32. The van der Waals surface area contributed by atoms with E-state index in [2.05, 4.69) is 17.2 Å². The minimum Gasteiger partial charge on any atom is -0.486 e. The van der Waals surface area contributed by atoms with Crippen LogP contribution in [-0.4, -0.2) is 31.0 Å². The molecule has 2 rings (SSSR count). The van der Waals surface area contributed by atoms with Crippen LogP contribution in [0.1, 0.15) is 13.8 Å². The molecule has 1 aliphatic rings. The summed E-state index contributed by atoms with van der Waals surface area (Å²) in [5.74, 6) is 1.60. The van der Waals surface area contributed by atoms with Crippen LogP contribution in [0.3, 0.4) is 0 Å². The molecule has 1 aliphatic heterocycles. The Bertz CT molecular complexity index is 489. The Morgan fingerprint density at radius 3 is 3.00 bits per heavy atom. The average molecular weight is 292 g/mol. The molecule has 0 bridgehead atoms. The second kappa shape index (κ2) is 7.85. The molecule has 0 radical (unpaired) electrons.